The maximum Gasteiger partial charge on any atom is 0.273 e. The maximum absolute atomic E-state index is 4.84. The van der Waals surface area contributed by atoms with Gasteiger partial charge in [0.1, 0.15) is 5.69 Å². The lowest BCUT2D eigenvalue weighted by molar-refractivity contribution is -0.482. The summed E-state index contributed by atoms with van der Waals surface area (Å²) in [4.78, 5) is 9.65. The molecule has 4 nitrogen and oxygen atoms in total. The monoisotopic (exact) mass is 376 g/mol. The van der Waals surface area contributed by atoms with Gasteiger partial charge in [-0.3, -0.25) is 5.32 Å². The molecule has 0 aliphatic rings. The van der Waals surface area contributed by atoms with Crippen LogP contribution in [0.4, 0.5) is 23.0 Å². The predicted octanol–water partition coefficient (Wildman–Crippen LogP) is 1.52. The topological polar surface area (TPSA) is 54.4 Å². The summed E-state index contributed by atoms with van der Waals surface area (Å²) in [6.45, 7) is 4.17. The highest BCUT2D eigenvalue weighted by Crippen LogP contribution is 2.23. The van der Waals surface area contributed by atoms with Crippen molar-refractivity contribution in [3.05, 3.63) is 83.9 Å². The Bertz CT molecular complexity index is 993. The van der Waals surface area contributed by atoms with E-state index in [9.17, 15) is 0 Å². The summed E-state index contributed by atoms with van der Waals surface area (Å²) in [7, 11) is 0. The van der Waals surface area contributed by atoms with Gasteiger partial charge in [-0.2, -0.15) is 4.98 Å². The largest absolute Gasteiger partial charge is 1.00 e. The Morgan fingerprint density at radius 3 is 2.11 bits per heavy atom. The van der Waals surface area contributed by atoms with Crippen LogP contribution in [0.1, 0.15) is 11.1 Å². The molecule has 4 rings (SSSR count). The van der Waals surface area contributed by atoms with Crippen LogP contribution >= 0.6 is 0 Å². The van der Waals surface area contributed by atoms with E-state index in [2.05, 4.69) is 60.9 Å². The summed E-state index contributed by atoms with van der Waals surface area (Å²) in [6, 6.07) is 24.6. The second-order valence-corrected chi connectivity index (χ2v) is 6.50. The highest BCUT2D eigenvalue weighted by atomic mass is 35.5. The number of nitrogens with zero attached hydrogens (tertiary/aromatic N) is 2. The number of aromatic nitrogens is 2. The summed E-state index contributed by atoms with van der Waals surface area (Å²) in [6.07, 6.45) is 0. The molecule has 136 valence electrons. The molecule has 0 aliphatic carbocycles. The van der Waals surface area contributed by atoms with Gasteiger partial charge in [0.15, 0.2) is 0 Å². The Morgan fingerprint density at radius 1 is 0.741 bits per heavy atom. The van der Waals surface area contributed by atoms with Crippen LogP contribution in [-0.2, 0) is 0 Å². The van der Waals surface area contributed by atoms with Crippen molar-refractivity contribution >= 4 is 34.0 Å². The minimum absolute atomic E-state index is 0. The number of quaternary nitrogens is 1. The van der Waals surface area contributed by atoms with E-state index in [1.807, 2.05) is 36.4 Å². The van der Waals surface area contributed by atoms with Crippen molar-refractivity contribution in [3.8, 4) is 0 Å². The van der Waals surface area contributed by atoms with Gasteiger partial charge in [0.25, 0.3) is 5.82 Å². The van der Waals surface area contributed by atoms with Crippen molar-refractivity contribution in [2.75, 3.05) is 5.32 Å². The molecule has 0 aliphatic heterocycles. The lowest BCUT2D eigenvalue weighted by Crippen LogP contribution is -3.00. The van der Waals surface area contributed by atoms with E-state index >= 15 is 0 Å². The Balaban J connectivity index is 0.00000210. The molecule has 3 aromatic carbocycles. The normalized spacial score (nSPS) is 10.4. The fourth-order valence-corrected chi connectivity index (χ4v) is 2.98. The van der Waals surface area contributed by atoms with Crippen LogP contribution in [0.25, 0.3) is 11.0 Å². The molecule has 1 aromatic heterocycles. The molecule has 0 bridgehead atoms. The third-order valence-corrected chi connectivity index (χ3v) is 4.22. The minimum atomic E-state index is 0. The van der Waals surface area contributed by atoms with Gasteiger partial charge in [-0.1, -0.05) is 36.4 Å². The molecule has 0 spiro atoms. The number of anilines is 2. The Labute approximate surface area is 165 Å². The van der Waals surface area contributed by atoms with Gasteiger partial charge in [-0.25, -0.2) is 4.98 Å². The quantitative estimate of drug-likeness (QED) is 0.531. The first-order chi connectivity index (χ1) is 12.7. The van der Waals surface area contributed by atoms with Crippen molar-refractivity contribution in [2.45, 2.75) is 13.8 Å². The molecule has 4 aromatic rings. The van der Waals surface area contributed by atoms with E-state index in [1.54, 1.807) is 0 Å². The molecule has 1 heterocycles. The van der Waals surface area contributed by atoms with Crippen molar-refractivity contribution in [1.29, 1.82) is 0 Å². The van der Waals surface area contributed by atoms with E-state index in [1.165, 1.54) is 11.1 Å². The molecule has 0 unspecified atom stereocenters. The van der Waals surface area contributed by atoms with Crippen LogP contribution in [0.15, 0.2) is 72.8 Å². The Hall–Kier alpha value is -2.95. The highest BCUT2D eigenvalue weighted by Gasteiger charge is 2.14. The smallest absolute Gasteiger partial charge is 0.273 e. The summed E-state index contributed by atoms with van der Waals surface area (Å²) < 4.78 is 0. The van der Waals surface area contributed by atoms with Crippen LogP contribution in [0, 0.1) is 13.8 Å². The standard InChI is InChI=1S/C22H20N4.ClH/c1-15-7-5-9-17(13-15)23-21-22(24-18-10-6-8-16(2)14-18)26-20-12-4-3-11-19(20)25-21;/h3-14H,1-2H3,(H,23,25)(H,24,26);1H. The van der Waals surface area contributed by atoms with Gasteiger partial charge in [-0.05, 0) is 55.3 Å². The van der Waals surface area contributed by atoms with Gasteiger partial charge in [-0.15, -0.1) is 0 Å². The van der Waals surface area contributed by atoms with Crippen LogP contribution in [0.3, 0.4) is 0 Å². The number of rotatable bonds is 4. The fraction of sp³-hybridized carbons (Fsp3) is 0.0909. The summed E-state index contributed by atoms with van der Waals surface area (Å²) in [5, 5.41) is 5.51. The number of halogens is 1. The number of aryl methyl sites for hydroxylation is 2. The number of fused-ring (bicyclic) bond motifs is 1. The van der Waals surface area contributed by atoms with Crippen LogP contribution in [0.5, 0.6) is 0 Å². The second-order valence-electron chi connectivity index (χ2n) is 6.50. The van der Waals surface area contributed by atoms with E-state index < -0.39 is 0 Å². The van der Waals surface area contributed by atoms with E-state index in [0.29, 0.717) is 0 Å². The van der Waals surface area contributed by atoms with Crippen molar-refractivity contribution in [3.63, 3.8) is 0 Å². The van der Waals surface area contributed by atoms with Gasteiger partial charge >= 0.3 is 0 Å². The Kier molecular flexibility index (Phi) is 5.69. The molecule has 0 amide bonds. The third-order valence-electron chi connectivity index (χ3n) is 4.22. The van der Waals surface area contributed by atoms with E-state index in [0.717, 1.165) is 34.0 Å². The number of para-hydroxylation sites is 2. The van der Waals surface area contributed by atoms with E-state index in [-0.39, 0.29) is 12.4 Å². The molecule has 27 heavy (non-hydrogen) atoms. The zero-order valence-electron chi connectivity index (χ0n) is 15.3. The van der Waals surface area contributed by atoms with Gasteiger partial charge in [0.2, 0.25) is 5.82 Å². The zero-order valence-corrected chi connectivity index (χ0v) is 16.0. The molecule has 3 N–H and O–H groups in total. The van der Waals surface area contributed by atoms with Crippen molar-refractivity contribution < 1.29 is 17.7 Å². The van der Waals surface area contributed by atoms with Crippen LogP contribution < -0.4 is 23.0 Å². The number of hydrogen-bond acceptors (Lipinski definition) is 3. The minimum Gasteiger partial charge on any atom is -1.00 e. The predicted molar refractivity (Wildman–Crippen MR) is 106 cm³/mol. The summed E-state index contributed by atoms with van der Waals surface area (Å²) >= 11 is 0. The lowest BCUT2D eigenvalue weighted by Gasteiger charge is -2.10. The molecule has 5 heteroatoms. The van der Waals surface area contributed by atoms with Gasteiger partial charge in [0, 0.05) is 11.8 Å². The molecular formula is C22H21ClN4. The number of nitrogens with one attached hydrogen (secondary N) is 1. The van der Waals surface area contributed by atoms with Gasteiger partial charge < -0.3 is 17.7 Å². The molecule has 0 saturated heterocycles. The first-order valence-electron chi connectivity index (χ1n) is 8.69. The third kappa shape index (κ3) is 4.42. The molecule has 0 radical (unpaired) electrons. The number of nitrogens with two attached hydrogens (primary N) is 1. The average molecular weight is 377 g/mol. The summed E-state index contributed by atoms with van der Waals surface area (Å²) in [5.74, 6) is 1.59. The maximum atomic E-state index is 4.84. The second kappa shape index (κ2) is 8.16. The molecule has 0 fully saturated rings. The molecule has 0 atom stereocenters. The van der Waals surface area contributed by atoms with Gasteiger partial charge in [0.05, 0.1) is 11.0 Å². The average Bonchev–Trinajstić information content (AvgIpc) is 2.62. The molecular weight excluding hydrogens is 356 g/mol. The SMILES string of the molecule is Cc1cccc(Nc2nc3ccccc3nc2[NH2+]c2cccc(C)c2)c1.[Cl-]. The Morgan fingerprint density at radius 2 is 1.41 bits per heavy atom. The first-order valence-corrected chi connectivity index (χ1v) is 8.69. The van der Waals surface area contributed by atoms with Crippen molar-refractivity contribution in [1.82, 2.24) is 9.97 Å². The lowest BCUT2D eigenvalue weighted by atomic mass is 10.2. The molecule has 0 saturated carbocycles. The first kappa shape index (κ1) is 18.8. The number of benzene rings is 3. The zero-order chi connectivity index (χ0) is 17.9. The number of hydrogen-bond donors (Lipinski definition) is 2. The van der Waals surface area contributed by atoms with E-state index in [4.69, 9.17) is 9.97 Å². The van der Waals surface area contributed by atoms with Crippen LogP contribution in [0.2, 0.25) is 0 Å². The van der Waals surface area contributed by atoms with Crippen LogP contribution in [-0.4, -0.2) is 9.97 Å². The highest BCUT2D eigenvalue weighted by molar-refractivity contribution is 5.79. The fourth-order valence-electron chi connectivity index (χ4n) is 2.98. The van der Waals surface area contributed by atoms with Crippen molar-refractivity contribution in [2.24, 2.45) is 0 Å². The summed E-state index contributed by atoms with van der Waals surface area (Å²) in [5.41, 5.74) is 6.31.